The lowest BCUT2D eigenvalue weighted by Crippen LogP contribution is -1.96. The predicted molar refractivity (Wildman–Crippen MR) is 481 cm³/mol. The third-order valence-electron chi connectivity index (χ3n) is 21.8. The molecule has 0 unspecified atom stereocenters. The van der Waals surface area contributed by atoms with Crippen LogP contribution in [0, 0.1) is 0 Å². The van der Waals surface area contributed by atoms with Crippen LogP contribution in [0.1, 0.15) is 0 Å². The topological polar surface area (TPSA) is 77.3 Å². The van der Waals surface area contributed by atoms with Crippen LogP contribution in [-0.2, 0) is 0 Å². The Kier molecular flexibility index (Phi) is 17.2. The van der Waals surface area contributed by atoms with Gasteiger partial charge in [0.15, 0.2) is 11.6 Å². The van der Waals surface area contributed by atoms with Gasteiger partial charge in [-0.25, -0.2) is 29.9 Å². The van der Waals surface area contributed by atoms with Crippen molar-refractivity contribution in [2.75, 3.05) is 0 Å². The maximum Gasteiger partial charge on any atom is 0.160 e. The average molecular weight is 1490 g/mol. The summed E-state index contributed by atoms with van der Waals surface area (Å²) in [7, 11) is 0. The molecule has 0 bridgehead atoms. The van der Waals surface area contributed by atoms with Crippen LogP contribution in [0.4, 0.5) is 0 Å². The summed E-state index contributed by atoms with van der Waals surface area (Å²) in [4.78, 5) is 31.2. The Morgan fingerprint density at radius 1 is 0.175 bits per heavy atom. The largest absolute Gasteiger partial charge is 0.247 e. The van der Waals surface area contributed by atoms with Gasteiger partial charge in [0.1, 0.15) is 0 Å². The molecule has 0 saturated heterocycles. The van der Waals surface area contributed by atoms with Crippen LogP contribution in [0.3, 0.4) is 0 Å². The molecular formula is C106H66N6S2. The van der Waals surface area contributed by atoms with Crippen molar-refractivity contribution in [2.24, 2.45) is 0 Å². The highest BCUT2D eigenvalue weighted by Crippen LogP contribution is 2.48. The van der Waals surface area contributed by atoms with E-state index in [9.17, 15) is 0 Å². The highest BCUT2D eigenvalue weighted by atomic mass is 32.1. The standard InChI is InChI=1S/2C53H33N3S/c1-3-12-34(13-4-1)35-24-28-40(29-25-35)53-55-47(38-15-5-2-6-16-38)33-48(56-53)39-26-22-36(23-27-39)41-30-31-46-45(32-41)52-50(44-19-9-10-21-49(44)57-52)51(54-46)43-20-11-17-37-14-7-8-18-42(37)43;1-3-12-34(13-4-1)35-22-26-38(27-23-35)47-33-48(56-53(55-47)40-15-5-2-6-16-40)39-28-24-36(25-29-39)41-30-31-46-45(32-41)52-50(44-19-9-10-21-49(44)57-52)51(54-46)43-20-11-17-37-14-7-8-18-42(37)43/h2*1-33H. The highest BCUT2D eigenvalue weighted by Gasteiger charge is 2.22. The van der Waals surface area contributed by atoms with Gasteiger partial charge in [0.05, 0.1) is 45.2 Å². The van der Waals surface area contributed by atoms with Gasteiger partial charge in [-0.3, -0.25) is 0 Å². The summed E-state index contributed by atoms with van der Waals surface area (Å²) in [5.74, 6) is 1.41. The van der Waals surface area contributed by atoms with Crippen LogP contribution in [0.2, 0.25) is 0 Å². The van der Waals surface area contributed by atoms with Crippen molar-refractivity contribution in [1.82, 2.24) is 29.9 Å². The molecule has 0 aliphatic carbocycles. The number of thiophene rings is 2. The van der Waals surface area contributed by atoms with Gasteiger partial charge >= 0.3 is 0 Å². The van der Waals surface area contributed by atoms with Crippen molar-refractivity contribution in [2.45, 2.75) is 0 Å². The Labute approximate surface area is 666 Å². The molecule has 0 amide bonds. The van der Waals surface area contributed by atoms with E-state index in [1.165, 1.54) is 89.4 Å². The monoisotopic (exact) mass is 1490 g/mol. The van der Waals surface area contributed by atoms with Crippen molar-refractivity contribution < 1.29 is 0 Å². The van der Waals surface area contributed by atoms with Gasteiger partial charge < -0.3 is 0 Å². The van der Waals surface area contributed by atoms with Crippen molar-refractivity contribution in [3.05, 3.63) is 400 Å². The fraction of sp³-hybridized carbons (Fsp3) is 0. The van der Waals surface area contributed by atoms with E-state index in [4.69, 9.17) is 29.9 Å². The molecule has 6 heterocycles. The Morgan fingerprint density at radius 2 is 0.447 bits per heavy atom. The van der Waals surface area contributed by atoms with Crippen molar-refractivity contribution in [3.63, 3.8) is 0 Å². The number of benzene rings is 16. The quantitative estimate of drug-likeness (QED) is 0.121. The second-order valence-corrected chi connectivity index (χ2v) is 30.8. The summed E-state index contributed by atoms with van der Waals surface area (Å²) in [6.45, 7) is 0. The number of hydrogen-bond donors (Lipinski definition) is 0. The fourth-order valence-electron chi connectivity index (χ4n) is 16.1. The summed E-state index contributed by atoms with van der Waals surface area (Å²) >= 11 is 3.71. The lowest BCUT2D eigenvalue weighted by molar-refractivity contribution is 1.18. The number of rotatable bonds is 12. The minimum absolute atomic E-state index is 0.701. The molecule has 6 aromatic heterocycles. The third kappa shape index (κ3) is 12.7. The molecule has 22 rings (SSSR count). The van der Waals surface area contributed by atoms with Crippen LogP contribution in [0.25, 0.3) is 219 Å². The second-order valence-electron chi connectivity index (χ2n) is 28.7. The Hall–Kier alpha value is -14.5. The summed E-state index contributed by atoms with van der Waals surface area (Å²) in [6, 6.07) is 141. The maximum atomic E-state index is 5.41. The molecule has 8 heteroatoms. The molecule has 0 N–H and O–H groups in total. The Bertz CT molecular complexity index is 6960. The fourth-order valence-corrected chi connectivity index (χ4v) is 18.5. The van der Waals surface area contributed by atoms with Crippen LogP contribution in [0.5, 0.6) is 0 Å². The molecule has 0 fully saturated rings. The van der Waals surface area contributed by atoms with Gasteiger partial charge in [0.25, 0.3) is 0 Å². The van der Waals surface area contributed by atoms with Gasteiger partial charge in [-0.15, -0.1) is 22.7 Å². The van der Waals surface area contributed by atoms with Crippen LogP contribution >= 0.6 is 22.7 Å². The number of aromatic nitrogens is 6. The van der Waals surface area contributed by atoms with E-state index < -0.39 is 0 Å². The average Bonchev–Trinajstić information content (AvgIpc) is 1.48. The first-order chi connectivity index (χ1) is 56.5. The SMILES string of the molecule is c1ccc(-c2ccc(-c3cc(-c4ccc(-c5ccc6nc(-c7cccc8ccccc78)c7c8ccccc8sc7c6c5)cc4)nc(-c4ccccc4)n3)cc2)cc1.c1ccc(-c2ccc(-c3nc(-c4ccccc4)cc(-c4ccc(-c5ccc6nc(-c7cccc8ccccc78)c7c8ccccc8sc7c6c5)cc4)n3)cc2)cc1. The van der Waals surface area contributed by atoms with Crippen LogP contribution in [0.15, 0.2) is 400 Å². The number of hydrogen-bond acceptors (Lipinski definition) is 8. The highest BCUT2D eigenvalue weighted by molar-refractivity contribution is 7.27. The van der Waals surface area contributed by atoms with Crippen molar-refractivity contribution in [1.29, 1.82) is 0 Å². The molecule has 22 aromatic rings. The molecule has 0 atom stereocenters. The molecule has 0 aliphatic rings. The second kappa shape index (κ2) is 29.0. The first-order valence-electron chi connectivity index (χ1n) is 38.4. The maximum absolute atomic E-state index is 5.41. The minimum atomic E-state index is 0.701. The first-order valence-corrected chi connectivity index (χ1v) is 40.0. The summed E-state index contributed by atoms with van der Waals surface area (Å²) in [6.07, 6.45) is 0. The van der Waals surface area contributed by atoms with Gasteiger partial charge in [-0.1, -0.05) is 352 Å². The van der Waals surface area contributed by atoms with E-state index in [2.05, 4.69) is 364 Å². The molecule has 16 aromatic carbocycles. The zero-order chi connectivity index (χ0) is 75.4. The summed E-state index contributed by atoms with van der Waals surface area (Å²) in [5.41, 5.74) is 25.4. The van der Waals surface area contributed by atoms with Gasteiger partial charge in [0.2, 0.25) is 0 Å². The molecule has 0 saturated carbocycles. The molecule has 0 aliphatic heterocycles. The smallest absolute Gasteiger partial charge is 0.160 e. The van der Waals surface area contributed by atoms with E-state index in [-0.39, 0.29) is 0 Å². The van der Waals surface area contributed by atoms with Crippen molar-refractivity contribution >= 4 is 106 Å². The normalized spacial score (nSPS) is 11.5. The molecule has 6 nitrogen and oxygen atoms in total. The lowest BCUT2D eigenvalue weighted by atomic mass is 9.96. The predicted octanol–water partition coefficient (Wildman–Crippen LogP) is 29.1. The zero-order valence-corrected chi connectivity index (χ0v) is 63.2. The van der Waals surface area contributed by atoms with E-state index in [1.807, 2.05) is 59.1 Å². The van der Waals surface area contributed by atoms with E-state index in [0.29, 0.717) is 11.6 Å². The van der Waals surface area contributed by atoms with Gasteiger partial charge in [-0.05, 0) is 115 Å². The third-order valence-corrected chi connectivity index (χ3v) is 24.2. The summed E-state index contributed by atoms with van der Waals surface area (Å²) in [5, 5.41) is 12.1. The van der Waals surface area contributed by atoms with E-state index in [1.54, 1.807) is 0 Å². The first kappa shape index (κ1) is 67.6. The molecule has 0 radical (unpaired) electrons. The molecule has 0 spiro atoms. The van der Waals surface area contributed by atoms with Crippen molar-refractivity contribution in [3.8, 4) is 135 Å². The minimum Gasteiger partial charge on any atom is -0.247 e. The number of nitrogens with zero attached hydrogens (tertiary/aromatic N) is 6. The number of pyridine rings is 2. The Morgan fingerprint density at radius 3 is 0.842 bits per heavy atom. The summed E-state index contributed by atoms with van der Waals surface area (Å²) < 4.78 is 5.07. The van der Waals surface area contributed by atoms with E-state index >= 15 is 0 Å². The zero-order valence-electron chi connectivity index (χ0n) is 61.6. The van der Waals surface area contributed by atoms with E-state index in [0.717, 1.165) is 118 Å². The lowest BCUT2D eigenvalue weighted by Gasteiger charge is -2.12. The Balaban J connectivity index is 0.000000143. The molecule has 532 valence electrons. The van der Waals surface area contributed by atoms with Crippen LogP contribution < -0.4 is 0 Å². The van der Waals surface area contributed by atoms with Gasteiger partial charge in [0, 0.05) is 95.6 Å². The molecule has 114 heavy (non-hydrogen) atoms. The van der Waals surface area contributed by atoms with Gasteiger partial charge in [-0.2, -0.15) is 0 Å². The van der Waals surface area contributed by atoms with Crippen LogP contribution in [-0.4, -0.2) is 29.9 Å². The molecular weight excluding hydrogens is 1420 g/mol. The number of fused-ring (bicyclic) bond motifs is 12.